The van der Waals surface area contributed by atoms with Crippen molar-refractivity contribution in [1.29, 1.82) is 0 Å². The minimum absolute atomic E-state index is 0.224. The molecule has 1 aromatic carbocycles. The van der Waals surface area contributed by atoms with Gasteiger partial charge in [-0.2, -0.15) is 0 Å². The van der Waals surface area contributed by atoms with E-state index in [1.54, 1.807) is 19.2 Å². The Kier molecular flexibility index (Phi) is 5.13. The highest BCUT2D eigenvalue weighted by atomic mass is 16.6. The second-order valence-corrected chi connectivity index (χ2v) is 6.52. The maximum atomic E-state index is 12.5. The molecule has 1 saturated heterocycles. The lowest BCUT2D eigenvalue weighted by Gasteiger charge is -2.28. The van der Waals surface area contributed by atoms with Gasteiger partial charge in [0, 0.05) is 6.54 Å². The van der Waals surface area contributed by atoms with Crippen LogP contribution in [0.1, 0.15) is 33.6 Å². The van der Waals surface area contributed by atoms with E-state index in [4.69, 9.17) is 9.47 Å². The van der Waals surface area contributed by atoms with E-state index in [1.165, 1.54) is 4.90 Å². The molecule has 1 heterocycles. The molecule has 1 atom stereocenters. The molecule has 0 aromatic heterocycles. The van der Waals surface area contributed by atoms with Crippen molar-refractivity contribution in [3.8, 4) is 5.75 Å². The van der Waals surface area contributed by atoms with Crippen molar-refractivity contribution < 1.29 is 19.1 Å². The topological polar surface area (TPSA) is 67.9 Å². The lowest BCUT2D eigenvalue weighted by Crippen LogP contribution is -2.45. The second-order valence-electron chi connectivity index (χ2n) is 6.52. The molecule has 1 aromatic rings. The van der Waals surface area contributed by atoms with Crippen molar-refractivity contribution in [2.45, 2.75) is 45.3 Å². The summed E-state index contributed by atoms with van der Waals surface area (Å²) in [5.74, 6) is 0.362. The molecule has 0 spiro atoms. The number of benzene rings is 1. The first-order chi connectivity index (χ1) is 10.8. The molecular weight excluding hydrogens is 296 g/mol. The van der Waals surface area contributed by atoms with Crippen molar-refractivity contribution in [2.75, 3.05) is 19.0 Å². The summed E-state index contributed by atoms with van der Waals surface area (Å²) < 4.78 is 10.6. The first-order valence-corrected chi connectivity index (χ1v) is 7.75. The van der Waals surface area contributed by atoms with Crippen LogP contribution in [-0.2, 0) is 9.53 Å². The van der Waals surface area contributed by atoms with E-state index in [0.717, 1.165) is 6.42 Å². The lowest BCUT2D eigenvalue weighted by atomic mass is 10.2. The van der Waals surface area contributed by atoms with Gasteiger partial charge in [-0.05, 0) is 45.7 Å². The summed E-state index contributed by atoms with van der Waals surface area (Å²) in [5.41, 5.74) is 0.0135. The Bertz CT molecular complexity index is 580. The van der Waals surface area contributed by atoms with Crippen molar-refractivity contribution in [2.24, 2.45) is 0 Å². The van der Waals surface area contributed by atoms with Crippen LogP contribution in [0.4, 0.5) is 10.5 Å². The fourth-order valence-electron chi connectivity index (χ4n) is 2.54. The highest BCUT2D eigenvalue weighted by Crippen LogP contribution is 2.26. The first kappa shape index (κ1) is 17.1. The van der Waals surface area contributed by atoms with Crippen LogP contribution in [0, 0.1) is 0 Å². The highest BCUT2D eigenvalue weighted by molar-refractivity contribution is 5.97. The van der Waals surface area contributed by atoms with Gasteiger partial charge >= 0.3 is 6.09 Å². The van der Waals surface area contributed by atoms with E-state index in [0.29, 0.717) is 24.4 Å². The number of rotatable bonds is 3. The number of hydrogen-bond acceptors (Lipinski definition) is 4. The van der Waals surface area contributed by atoms with Crippen molar-refractivity contribution in [3.05, 3.63) is 24.3 Å². The average Bonchev–Trinajstić information content (AvgIpc) is 2.95. The minimum Gasteiger partial charge on any atom is -0.495 e. The fraction of sp³-hybridized carbons (Fsp3) is 0.529. The van der Waals surface area contributed by atoms with Crippen molar-refractivity contribution in [3.63, 3.8) is 0 Å². The molecule has 1 N–H and O–H groups in total. The monoisotopic (exact) mass is 320 g/mol. The van der Waals surface area contributed by atoms with Crippen LogP contribution in [0.15, 0.2) is 24.3 Å². The molecule has 6 nitrogen and oxygen atoms in total. The van der Waals surface area contributed by atoms with Gasteiger partial charge in [-0.1, -0.05) is 12.1 Å². The van der Waals surface area contributed by atoms with E-state index < -0.39 is 17.7 Å². The molecule has 23 heavy (non-hydrogen) atoms. The summed E-state index contributed by atoms with van der Waals surface area (Å²) in [6, 6.07) is 6.67. The van der Waals surface area contributed by atoms with E-state index in [-0.39, 0.29) is 5.91 Å². The Morgan fingerprint density at radius 1 is 1.26 bits per heavy atom. The molecule has 0 saturated carbocycles. The maximum absolute atomic E-state index is 12.5. The zero-order valence-electron chi connectivity index (χ0n) is 14.1. The van der Waals surface area contributed by atoms with Crippen LogP contribution in [0.3, 0.4) is 0 Å². The number of ether oxygens (including phenoxy) is 2. The van der Waals surface area contributed by atoms with Crippen LogP contribution in [-0.4, -0.2) is 42.2 Å². The number of methoxy groups -OCH3 is 1. The number of likely N-dealkylation sites (tertiary alicyclic amines) is 1. The number of carbonyl (C=O) groups is 2. The quantitative estimate of drug-likeness (QED) is 0.929. The second kappa shape index (κ2) is 6.89. The Balaban J connectivity index is 2.07. The average molecular weight is 320 g/mol. The van der Waals surface area contributed by atoms with Crippen LogP contribution in [0.2, 0.25) is 0 Å². The molecule has 126 valence electrons. The number of carbonyl (C=O) groups excluding carboxylic acids is 2. The minimum atomic E-state index is -0.580. The third-order valence-corrected chi connectivity index (χ3v) is 3.55. The Hall–Kier alpha value is -2.24. The van der Waals surface area contributed by atoms with Gasteiger partial charge in [-0.3, -0.25) is 9.69 Å². The predicted molar refractivity (Wildman–Crippen MR) is 87.6 cm³/mol. The lowest BCUT2D eigenvalue weighted by molar-refractivity contribution is -0.120. The number of hydrogen-bond donors (Lipinski definition) is 1. The smallest absolute Gasteiger partial charge is 0.410 e. The number of para-hydroxylation sites is 2. The van der Waals surface area contributed by atoms with E-state index >= 15 is 0 Å². The van der Waals surface area contributed by atoms with Gasteiger partial charge < -0.3 is 14.8 Å². The summed E-state index contributed by atoms with van der Waals surface area (Å²) in [5, 5.41) is 2.84. The highest BCUT2D eigenvalue weighted by Gasteiger charge is 2.36. The van der Waals surface area contributed by atoms with Gasteiger partial charge in [0.15, 0.2) is 0 Å². The zero-order chi connectivity index (χ0) is 17.0. The van der Waals surface area contributed by atoms with Gasteiger partial charge in [0.25, 0.3) is 0 Å². The third kappa shape index (κ3) is 4.37. The molecule has 0 bridgehead atoms. The maximum Gasteiger partial charge on any atom is 0.410 e. The van der Waals surface area contributed by atoms with Crippen LogP contribution in [0.25, 0.3) is 0 Å². The largest absolute Gasteiger partial charge is 0.495 e. The number of nitrogens with zero attached hydrogens (tertiary/aromatic N) is 1. The van der Waals surface area contributed by atoms with Crippen LogP contribution < -0.4 is 10.1 Å². The molecule has 2 amide bonds. The third-order valence-electron chi connectivity index (χ3n) is 3.55. The standard InChI is InChI=1S/C17H24N2O4/c1-17(2,3)23-16(21)19-11-7-9-13(19)15(20)18-12-8-5-6-10-14(12)22-4/h5-6,8,10,13H,7,9,11H2,1-4H3,(H,18,20). The molecule has 1 aliphatic heterocycles. The van der Waals surface area contributed by atoms with Gasteiger partial charge in [0.2, 0.25) is 5.91 Å². The van der Waals surface area contributed by atoms with E-state index in [2.05, 4.69) is 5.32 Å². The Labute approximate surface area is 136 Å². The molecule has 0 radical (unpaired) electrons. The van der Waals surface area contributed by atoms with E-state index in [1.807, 2.05) is 32.9 Å². The first-order valence-electron chi connectivity index (χ1n) is 7.75. The van der Waals surface area contributed by atoms with Gasteiger partial charge in [0.1, 0.15) is 17.4 Å². The summed E-state index contributed by atoms with van der Waals surface area (Å²) in [4.78, 5) is 26.3. The summed E-state index contributed by atoms with van der Waals surface area (Å²) in [6.45, 7) is 5.96. The van der Waals surface area contributed by atoms with Crippen LogP contribution in [0.5, 0.6) is 5.75 Å². The molecule has 6 heteroatoms. The molecular formula is C17H24N2O4. The molecule has 1 fully saturated rings. The van der Waals surface area contributed by atoms with Gasteiger partial charge in [-0.25, -0.2) is 4.79 Å². The Morgan fingerprint density at radius 3 is 2.61 bits per heavy atom. The summed E-state index contributed by atoms with van der Waals surface area (Å²) >= 11 is 0. The zero-order valence-corrected chi connectivity index (χ0v) is 14.1. The number of amides is 2. The SMILES string of the molecule is COc1ccccc1NC(=O)C1CCCN1C(=O)OC(C)(C)C. The summed E-state index contributed by atoms with van der Waals surface area (Å²) in [7, 11) is 1.55. The van der Waals surface area contributed by atoms with E-state index in [9.17, 15) is 9.59 Å². The fourth-order valence-corrected chi connectivity index (χ4v) is 2.54. The summed E-state index contributed by atoms with van der Waals surface area (Å²) in [6.07, 6.45) is 0.957. The number of anilines is 1. The Morgan fingerprint density at radius 2 is 1.96 bits per heavy atom. The molecule has 2 rings (SSSR count). The normalized spacial score (nSPS) is 17.7. The van der Waals surface area contributed by atoms with Crippen LogP contribution >= 0.6 is 0 Å². The predicted octanol–water partition coefficient (Wildman–Crippen LogP) is 3.03. The van der Waals surface area contributed by atoms with Gasteiger partial charge in [0.05, 0.1) is 12.8 Å². The molecule has 1 unspecified atom stereocenters. The van der Waals surface area contributed by atoms with Gasteiger partial charge in [-0.15, -0.1) is 0 Å². The van der Waals surface area contributed by atoms with Crippen molar-refractivity contribution >= 4 is 17.7 Å². The van der Waals surface area contributed by atoms with Crippen molar-refractivity contribution in [1.82, 2.24) is 4.90 Å². The number of nitrogens with one attached hydrogen (secondary N) is 1. The molecule has 1 aliphatic rings. The molecule has 0 aliphatic carbocycles.